The summed E-state index contributed by atoms with van der Waals surface area (Å²) >= 11 is 3.59. The molecule has 0 radical (unpaired) electrons. The van der Waals surface area contributed by atoms with E-state index in [-0.39, 0.29) is 4.83 Å². The molecule has 0 bridgehead atoms. The Morgan fingerprint density at radius 3 is 2.50 bits per heavy atom. The highest BCUT2D eigenvalue weighted by molar-refractivity contribution is 9.09. The average molecular weight is 339 g/mol. The average Bonchev–Trinajstić information content (AvgIpc) is 2.41. The number of hydrogen-bond acceptors (Lipinski definition) is 0. The zero-order valence-corrected chi connectivity index (χ0v) is 13.0. The minimum Gasteiger partial charge on any atom is -0.207 e. The summed E-state index contributed by atoms with van der Waals surface area (Å²) in [5.41, 5.74) is 3.15. The molecule has 0 aliphatic heterocycles. The van der Waals surface area contributed by atoms with Gasteiger partial charge in [-0.3, -0.25) is 0 Å². The van der Waals surface area contributed by atoms with Crippen molar-refractivity contribution < 1.29 is 8.78 Å². The maximum atomic E-state index is 13.6. The number of rotatable bonds is 5. The first kappa shape index (κ1) is 15.2. The molecule has 3 heteroatoms. The van der Waals surface area contributed by atoms with Gasteiger partial charge in [0, 0.05) is 10.9 Å². The minimum absolute atomic E-state index is 0.182. The van der Waals surface area contributed by atoms with Crippen LogP contribution in [-0.4, -0.2) is 4.83 Å². The maximum absolute atomic E-state index is 13.6. The molecule has 0 amide bonds. The van der Waals surface area contributed by atoms with Gasteiger partial charge in [-0.15, -0.1) is 0 Å². The third-order valence-corrected chi connectivity index (χ3v) is 4.23. The normalized spacial score (nSPS) is 12.4. The summed E-state index contributed by atoms with van der Waals surface area (Å²) in [7, 11) is 0. The highest BCUT2D eigenvalue weighted by Crippen LogP contribution is 2.20. The zero-order chi connectivity index (χ0) is 14.5. The largest absolute Gasteiger partial charge is 0.207 e. The summed E-state index contributed by atoms with van der Waals surface area (Å²) in [5, 5.41) is 0. The molecule has 20 heavy (non-hydrogen) atoms. The lowest BCUT2D eigenvalue weighted by Gasteiger charge is -2.12. The molecule has 2 rings (SSSR count). The summed E-state index contributed by atoms with van der Waals surface area (Å²) < 4.78 is 26.4. The van der Waals surface area contributed by atoms with E-state index < -0.39 is 11.6 Å². The second-order valence-corrected chi connectivity index (χ2v) is 6.30. The molecule has 0 N–H and O–H groups in total. The van der Waals surface area contributed by atoms with Crippen LogP contribution in [-0.2, 0) is 12.8 Å². The Morgan fingerprint density at radius 1 is 1.05 bits per heavy atom. The Morgan fingerprint density at radius 2 is 1.80 bits per heavy atom. The van der Waals surface area contributed by atoms with Gasteiger partial charge >= 0.3 is 0 Å². The first-order chi connectivity index (χ1) is 9.56. The Kier molecular flexibility index (Phi) is 5.30. The van der Waals surface area contributed by atoms with Crippen LogP contribution in [0.15, 0.2) is 42.5 Å². The predicted octanol–water partition coefficient (Wildman–Crippen LogP) is 5.21. The van der Waals surface area contributed by atoms with E-state index in [1.165, 1.54) is 23.3 Å². The van der Waals surface area contributed by atoms with Crippen LogP contribution in [0.2, 0.25) is 0 Å². The Hall–Kier alpha value is -1.22. The fourth-order valence-electron chi connectivity index (χ4n) is 2.23. The smallest absolute Gasteiger partial charge is 0.129 e. The Bertz CT molecular complexity index is 581. The monoisotopic (exact) mass is 338 g/mol. The van der Waals surface area contributed by atoms with E-state index in [1.807, 2.05) is 12.1 Å². The van der Waals surface area contributed by atoms with Crippen molar-refractivity contribution in [1.29, 1.82) is 0 Å². The summed E-state index contributed by atoms with van der Waals surface area (Å²) in [6.07, 6.45) is 2.44. The van der Waals surface area contributed by atoms with Gasteiger partial charge in [0.15, 0.2) is 0 Å². The number of aryl methyl sites for hydroxylation is 2. The SMILES string of the molecule is Cc1ccccc1CCC(Br)Cc1ccc(F)cc1F. The molecule has 0 spiro atoms. The number of benzene rings is 2. The van der Waals surface area contributed by atoms with Crippen LogP contribution in [0.25, 0.3) is 0 Å². The Balaban J connectivity index is 1.92. The predicted molar refractivity (Wildman–Crippen MR) is 82.3 cm³/mol. The van der Waals surface area contributed by atoms with Crippen molar-refractivity contribution in [3.8, 4) is 0 Å². The van der Waals surface area contributed by atoms with Crippen molar-refractivity contribution in [1.82, 2.24) is 0 Å². The summed E-state index contributed by atoms with van der Waals surface area (Å²) in [6, 6.07) is 12.0. The van der Waals surface area contributed by atoms with Gasteiger partial charge in [-0.2, -0.15) is 0 Å². The Labute approximate surface area is 127 Å². The first-order valence-electron chi connectivity index (χ1n) is 6.69. The molecule has 0 saturated heterocycles. The summed E-state index contributed by atoms with van der Waals surface area (Å²) in [6.45, 7) is 2.10. The van der Waals surface area contributed by atoms with Crippen molar-refractivity contribution in [2.45, 2.75) is 31.0 Å². The lowest BCUT2D eigenvalue weighted by Crippen LogP contribution is -2.07. The van der Waals surface area contributed by atoms with Crippen LogP contribution in [0, 0.1) is 18.6 Å². The van der Waals surface area contributed by atoms with Gasteiger partial charge < -0.3 is 0 Å². The zero-order valence-electron chi connectivity index (χ0n) is 11.4. The second kappa shape index (κ2) is 6.98. The van der Waals surface area contributed by atoms with Crippen molar-refractivity contribution in [2.24, 2.45) is 0 Å². The topological polar surface area (TPSA) is 0 Å². The molecule has 0 heterocycles. The molecule has 1 unspecified atom stereocenters. The van der Waals surface area contributed by atoms with E-state index in [0.717, 1.165) is 18.9 Å². The number of alkyl halides is 1. The third kappa shape index (κ3) is 4.14. The fourth-order valence-corrected chi connectivity index (χ4v) is 2.81. The molecule has 0 aliphatic carbocycles. The van der Waals surface area contributed by atoms with Gasteiger partial charge in [0.1, 0.15) is 11.6 Å². The van der Waals surface area contributed by atoms with Gasteiger partial charge in [-0.1, -0.05) is 46.3 Å². The third-order valence-electron chi connectivity index (χ3n) is 3.44. The number of hydrogen-bond donors (Lipinski definition) is 0. The fraction of sp³-hybridized carbons (Fsp3) is 0.294. The second-order valence-electron chi connectivity index (χ2n) is 5.00. The van der Waals surface area contributed by atoms with Crippen molar-refractivity contribution in [2.75, 3.05) is 0 Å². The lowest BCUT2D eigenvalue weighted by atomic mass is 10.0. The van der Waals surface area contributed by atoms with Gasteiger partial charge in [-0.05, 0) is 48.9 Å². The molecule has 2 aromatic rings. The molecule has 0 aliphatic rings. The molecule has 0 fully saturated rings. The van der Waals surface area contributed by atoms with E-state index in [1.54, 1.807) is 0 Å². The maximum Gasteiger partial charge on any atom is 0.129 e. The molecular formula is C17H17BrF2. The standard InChI is InChI=1S/C17H17BrF2/c1-12-4-2-3-5-13(12)6-8-15(18)10-14-7-9-16(19)11-17(14)20/h2-5,7,9,11,15H,6,8,10H2,1H3. The molecule has 0 aromatic heterocycles. The molecule has 0 nitrogen and oxygen atoms in total. The van der Waals surface area contributed by atoms with Crippen LogP contribution < -0.4 is 0 Å². The van der Waals surface area contributed by atoms with E-state index in [2.05, 4.69) is 35.0 Å². The highest BCUT2D eigenvalue weighted by atomic mass is 79.9. The summed E-state index contributed by atoms with van der Waals surface area (Å²) in [4.78, 5) is 0.182. The minimum atomic E-state index is -0.530. The van der Waals surface area contributed by atoms with Gasteiger partial charge in [0.25, 0.3) is 0 Å². The van der Waals surface area contributed by atoms with Crippen LogP contribution in [0.1, 0.15) is 23.1 Å². The molecule has 106 valence electrons. The summed E-state index contributed by atoms with van der Waals surface area (Å²) in [5.74, 6) is -0.998. The molecule has 1 atom stereocenters. The van der Waals surface area contributed by atoms with Crippen LogP contribution >= 0.6 is 15.9 Å². The molecule has 0 saturated carbocycles. The van der Waals surface area contributed by atoms with E-state index >= 15 is 0 Å². The van der Waals surface area contributed by atoms with Crippen LogP contribution in [0.4, 0.5) is 8.78 Å². The van der Waals surface area contributed by atoms with Gasteiger partial charge in [0.2, 0.25) is 0 Å². The van der Waals surface area contributed by atoms with Crippen LogP contribution in [0.5, 0.6) is 0 Å². The van der Waals surface area contributed by atoms with Gasteiger partial charge in [-0.25, -0.2) is 8.78 Å². The van der Waals surface area contributed by atoms with Gasteiger partial charge in [0.05, 0.1) is 0 Å². The quantitative estimate of drug-likeness (QED) is 0.656. The van der Waals surface area contributed by atoms with E-state index in [9.17, 15) is 8.78 Å². The molecular weight excluding hydrogens is 322 g/mol. The number of halogens is 3. The lowest BCUT2D eigenvalue weighted by molar-refractivity contribution is 0.569. The van der Waals surface area contributed by atoms with E-state index in [4.69, 9.17) is 0 Å². The van der Waals surface area contributed by atoms with Crippen molar-refractivity contribution >= 4 is 15.9 Å². The van der Waals surface area contributed by atoms with Crippen LogP contribution in [0.3, 0.4) is 0 Å². The van der Waals surface area contributed by atoms with E-state index in [0.29, 0.717) is 12.0 Å². The molecule has 2 aromatic carbocycles. The first-order valence-corrected chi connectivity index (χ1v) is 7.60. The van der Waals surface area contributed by atoms with Crippen molar-refractivity contribution in [3.63, 3.8) is 0 Å². The van der Waals surface area contributed by atoms with Crippen molar-refractivity contribution in [3.05, 3.63) is 70.8 Å². The highest BCUT2D eigenvalue weighted by Gasteiger charge is 2.11.